The maximum atomic E-state index is 12.7. The highest BCUT2D eigenvalue weighted by molar-refractivity contribution is 5.95. The molecule has 140 valence electrons. The van der Waals surface area contributed by atoms with E-state index in [2.05, 4.69) is 0 Å². The van der Waals surface area contributed by atoms with Crippen LogP contribution in [0.3, 0.4) is 0 Å². The number of hydrogen-bond acceptors (Lipinski definition) is 3. The third kappa shape index (κ3) is 2.88. The molecule has 0 bridgehead atoms. The minimum Gasteiger partial charge on any atom is -0.443 e. The molecule has 3 nitrogen and oxygen atoms in total. The Morgan fingerprint density at radius 3 is 1.97 bits per heavy atom. The lowest BCUT2D eigenvalue weighted by atomic mass is 9.95. The average Bonchev–Trinajstić information content (AvgIpc) is 3.08. The number of hydrogen-bond donors (Lipinski definition) is 0. The minimum atomic E-state index is -1.33. The third-order valence-corrected chi connectivity index (χ3v) is 5.12. The minimum absolute atomic E-state index is 0.387. The van der Waals surface area contributed by atoms with Crippen LogP contribution in [-0.2, 0) is 10.5 Å². The topological polar surface area (TPSA) is 35.5 Å². The molecule has 0 aliphatic carbocycles. The zero-order valence-corrected chi connectivity index (χ0v) is 15.6. The average molecular weight is 378 g/mol. The highest BCUT2D eigenvalue weighted by atomic mass is 16.7. The van der Waals surface area contributed by atoms with Gasteiger partial charge in [0, 0.05) is 11.1 Å². The zero-order valence-electron chi connectivity index (χ0n) is 15.6. The van der Waals surface area contributed by atoms with E-state index in [4.69, 9.17) is 9.47 Å². The quantitative estimate of drug-likeness (QED) is 0.421. The van der Waals surface area contributed by atoms with Gasteiger partial charge in [0.1, 0.15) is 5.75 Å². The lowest BCUT2D eigenvalue weighted by Crippen LogP contribution is -2.35. The summed E-state index contributed by atoms with van der Waals surface area (Å²) >= 11 is 0. The van der Waals surface area contributed by atoms with Gasteiger partial charge in [-0.1, -0.05) is 91.0 Å². The Morgan fingerprint density at radius 1 is 0.621 bits per heavy atom. The normalized spacial score (nSPS) is 17.4. The van der Waals surface area contributed by atoms with E-state index in [0.29, 0.717) is 16.9 Å². The van der Waals surface area contributed by atoms with E-state index in [1.807, 2.05) is 103 Å². The Balaban J connectivity index is 1.70. The molecular weight excluding hydrogens is 360 g/mol. The molecule has 4 aromatic carbocycles. The van der Waals surface area contributed by atoms with E-state index >= 15 is 0 Å². The van der Waals surface area contributed by atoms with Crippen LogP contribution < -0.4 is 4.74 Å². The summed E-state index contributed by atoms with van der Waals surface area (Å²) in [5.74, 6) is -1.08. The van der Waals surface area contributed by atoms with Crippen molar-refractivity contribution in [3.05, 3.63) is 126 Å². The number of carbonyl (C=O) groups is 1. The molecular formula is C26H18O3. The standard InChI is InChI=1S/C26H18O3/c27-25-22-16-7-9-17-23(22)26(29-25,20-13-5-2-6-14-20)28-24-18-10-8-15-21(24)19-11-3-1-4-12-19/h1-18H. The fraction of sp³-hybridized carbons (Fsp3) is 0.0385. The van der Waals surface area contributed by atoms with Gasteiger partial charge in [0.05, 0.1) is 11.1 Å². The molecule has 1 heterocycles. The second-order valence-corrected chi connectivity index (χ2v) is 6.88. The predicted octanol–water partition coefficient (Wildman–Crippen LogP) is 5.80. The Kier molecular flexibility index (Phi) is 4.14. The first-order chi connectivity index (χ1) is 14.3. The molecule has 0 fully saturated rings. The summed E-state index contributed by atoms with van der Waals surface area (Å²) < 4.78 is 12.5. The van der Waals surface area contributed by atoms with Crippen molar-refractivity contribution in [2.24, 2.45) is 0 Å². The van der Waals surface area contributed by atoms with Crippen LogP contribution in [0.5, 0.6) is 5.75 Å². The van der Waals surface area contributed by atoms with Gasteiger partial charge in [0.15, 0.2) is 0 Å². The van der Waals surface area contributed by atoms with Crippen molar-refractivity contribution in [1.29, 1.82) is 0 Å². The molecule has 0 radical (unpaired) electrons. The van der Waals surface area contributed by atoms with Crippen LogP contribution in [0.1, 0.15) is 21.5 Å². The van der Waals surface area contributed by atoms with Gasteiger partial charge in [-0.05, 0) is 23.8 Å². The largest absolute Gasteiger partial charge is 0.443 e. The fourth-order valence-electron chi connectivity index (χ4n) is 3.76. The van der Waals surface area contributed by atoms with Crippen LogP contribution in [0.2, 0.25) is 0 Å². The van der Waals surface area contributed by atoms with Crippen LogP contribution >= 0.6 is 0 Å². The first-order valence-electron chi connectivity index (χ1n) is 9.50. The van der Waals surface area contributed by atoms with Gasteiger partial charge >= 0.3 is 11.8 Å². The predicted molar refractivity (Wildman–Crippen MR) is 112 cm³/mol. The van der Waals surface area contributed by atoms with Crippen molar-refractivity contribution in [1.82, 2.24) is 0 Å². The number of benzene rings is 4. The molecule has 29 heavy (non-hydrogen) atoms. The SMILES string of the molecule is O=C1OC(Oc2ccccc2-c2ccccc2)(c2ccccc2)c2ccccc21. The smallest absolute Gasteiger partial charge is 0.342 e. The summed E-state index contributed by atoms with van der Waals surface area (Å²) in [7, 11) is 0. The molecule has 0 aromatic heterocycles. The van der Waals surface area contributed by atoms with E-state index in [1.54, 1.807) is 6.07 Å². The molecule has 1 atom stereocenters. The second-order valence-electron chi connectivity index (χ2n) is 6.88. The first kappa shape index (κ1) is 17.3. The number of carbonyl (C=O) groups excluding carboxylic acids is 1. The van der Waals surface area contributed by atoms with E-state index in [9.17, 15) is 4.79 Å². The highest BCUT2D eigenvalue weighted by Crippen LogP contribution is 2.45. The van der Waals surface area contributed by atoms with Crippen LogP contribution in [0.4, 0.5) is 0 Å². The monoisotopic (exact) mass is 378 g/mol. The van der Waals surface area contributed by atoms with Crippen molar-refractivity contribution >= 4 is 5.97 Å². The van der Waals surface area contributed by atoms with Crippen LogP contribution in [0.15, 0.2) is 109 Å². The summed E-state index contributed by atoms with van der Waals surface area (Å²) in [5.41, 5.74) is 3.96. The molecule has 5 rings (SSSR count). The van der Waals surface area contributed by atoms with Gasteiger partial charge in [-0.15, -0.1) is 0 Å². The van der Waals surface area contributed by atoms with Crippen molar-refractivity contribution in [2.75, 3.05) is 0 Å². The summed E-state index contributed by atoms with van der Waals surface area (Å²) in [6.07, 6.45) is 0. The molecule has 0 saturated heterocycles. The summed E-state index contributed by atoms with van der Waals surface area (Å²) in [6, 6.07) is 34.8. The molecule has 0 saturated carbocycles. The molecule has 0 amide bonds. The maximum absolute atomic E-state index is 12.7. The van der Waals surface area contributed by atoms with Crippen LogP contribution in [-0.4, -0.2) is 5.97 Å². The van der Waals surface area contributed by atoms with E-state index in [0.717, 1.165) is 16.7 Å². The van der Waals surface area contributed by atoms with Gasteiger partial charge in [-0.3, -0.25) is 0 Å². The fourth-order valence-corrected chi connectivity index (χ4v) is 3.76. The second kappa shape index (κ2) is 6.95. The maximum Gasteiger partial charge on any atom is 0.342 e. The summed E-state index contributed by atoms with van der Waals surface area (Å²) in [6.45, 7) is 0. The molecule has 1 unspecified atom stereocenters. The van der Waals surface area contributed by atoms with Crippen molar-refractivity contribution in [2.45, 2.75) is 5.79 Å². The molecule has 1 aliphatic heterocycles. The molecule has 1 aliphatic rings. The van der Waals surface area contributed by atoms with Crippen molar-refractivity contribution in [3.63, 3.8) is 0 Å². The number of cyclic esters (lactones) is 1. The zero-order chi connectivity index (χ0) is 19.7. The number of fused-ring (bicyclic) bond motifs is 1. The Labute approximate surface area is 169 Å². The third-order valence-electron chi connectivity index (χ3n) is 5.12. The van der Waals surface area contributed by atoms with Gasteiger partial charge in [0.25, 0.3) is 0 Å². The van der Waals surface area contributed by atoms with E-state index < -0.39 is 5.79 Å². The van der Waals surface area contributed by atoms with Crippen LogP contribution in [0.25, 0.3) is 11.1 Å². The van der Waals surface area contributed by atoms with Gasteiger partial charge in [0.2, 0.25) is 0 Å². The van der Waals surface area contributed by atoms with Crippen molar-refractivity contribution in [3.8, 4) is 16.9 Å². The molecule has 0 N–H and O–H groups in total. The van der Waals surface area contributed by atoms with E-state index in [1.165, 1.54) is 0 Å². The molecule has 0 spiro atoms. The number of esters is 1. The molecule has 4 aromatic rings. The summed E-state index contributed by atoms with van der Waals surface area (Å²) in [5, 5.41) is 0. The lowest BCUT2D eigenvalue weighted by Gasteiger charge is -2.31. The van der Waals surface area contributed by atoms with Gasteiger partial charge < -0.3 is 9.47 Å². The number of para-hydroxylation sites is 1. The lowest BCUT2D eigenvalue weighted by molar-refractivity contribution is -0.108. The van der Waals surface area contributed by atoms with Gasteiger partial charge in [-0.25, -0.2) is 4.79 Å². The Bertz CT molecular complexity index is 1170. The molecule has 3 heteroatoms. The van der Waals surface area contributed by atoms with Crippen LogP contribution in [0, 0.1) is 0 Å². The number of ether oxygens (including phenoxy) is 2. The van der Waals surface area contributed by atoms with Crippen molar-refractivity contribution < 1.29 is 14.3 Å². The van der Waals surface area contributed by atoms with E-state index in [-0.39, 0.29) is 5.97 Å². The summed E-state index contributed by atoms with van der Waals surface area (Å²) in [4.78, 5) is 12.7. The Morgan fingerprint density at radius 2 is 1.21 bits per heavy atom. The van der Waals surface area contributed by atoms with Gasteiger partial charge in [-0.2, -0.15) is 0 Å². The Hall–Kier alpha value is -3.85. The highest BCUT2D eigenvalue weighted by Gasteiger charge is 2.49. The number of rotatable bonds is 4. The first-order valence-corrected chi connectivity index (χ1v) is 9.50.